The van der Waals surface area contributed by atoms with Crippen LogP contribution in [0.4, 0.5) is 4.79 Å². The topological polar surface area (TPSA) is 80.3 Å². The quantitative estimate of drug-likeness (QED) is 0.220. The Hall–Kier alpha value is -3.41. The summed E-state index contributed by atoms with van der Waals surface area (Å²) in [4.78, 5) is 28.0. The van der Waals surface area contributed by atoms with Gasteiger partial charge in [0.1, 0.15) is 5.60 Å². The minimum atomic E-state index is -0.553. The predicted octanol–water partition coefficient (Wildman–Crippen LogP) is 6.78. The van der Waals surface area contributed by atoms with Gasteiger partial charge < -0.3 is 15.4 Å². The average molecular weight is 506 g/mol. The first-order valence-electron chi connectivity index (χ1n) is 13.0. The Balaban J connectivity index is 1.86. The van der Waals surface area contributed by atoms with Gasteiger partial charge in [0.15, 0.2) is 0 Å². The van der Waals surface area contributed by atoms with E-state index in [0.717, 1.165) is 5.56 Å². The lowest BCUT2D eigenvalue weighted by atomic mass is 9.72. The summed E-state index contributed by atoms with van der Waals surface area (Å²) in [6.07, 6.45) is 18.6. The highest BCUT2D eigenvalue weighted by Gasteiger charge is 2.26. The van der Waals surface area contributed by atoms with Crippen LogP contribution in [-0.2, 0) is 9.53 Å². The van der Waals surface area contributed by atoms with E-state index in [9.17, 15) is 9.59 Å². The van der Waals surface area contributed by atoms with Gasteiger partial charge in [-0.15, -0.1) is 0 Å². The third-order valence-electron chi connectivity index (χ3n) is 6.01. The fourth-order valence-corrected chi connectivity index (χ4v) is 4.14. The lowest BCUT2D eigenvalue weighted by Gasteiger charge is -2.32. The molecule has 0 saturated heterocycles. The lowest BCUT2D eigenvalue weighted by Crippen LogP contribution is -2.37. The van der Waals surface area contributed by atoms with Crippen LogP contribution >= 0.6 is 0 Å². The summed E-state index contributed by atoms with van der Waals surface area (Å²) in [5, 5.41) is 5.32. The standard InChI is InChI=1S/C31H43N3O3/c1-23(13-15-27-24(2)11-9-18-31(27,6)7)10-8-12-25-17-19-32-26(22-25)14-16-28(35)33-20-21-34-29(36)37-30(3,4)5/h8,10,12-17,19,22H,9,11,18,20-21H2,1-7H3,(H,33,35)(H,34,36). The van der Waals surface area contributed by atoms with Gasteiger partial charge in [-0.3, -0.25) is 9.78 Å². The van der Waals surface area contributed by atoms with Gasteiger partial charge in [0.25, 0.3) is 0 Å². The average Bonchev–Trinajstić information content (AvgIpc) is 2.79. The molecule has 0 unspecified atom stereocenters. The molecule has 0 aromatic carbocycles. The molecule has 1 heterocycles. The van der Waals surface area contributed by atoms with Crippen molar-refractivity contribution in [3.8, 4) is 0 Å². The first-order chi connectivity index (χ1) is 17.4. The molecule has 0 saturated carbocycles. The van der Waals surface area contributed by atoms with E-state index in [1.54, 1.807) is 33.0 Å². The van der Waals surface area contributed by atoms with Crippen LogP contribution in [0.1, 0.15) is 79.0 Å². The van der Waals surface area contributed by atoms with E-state index in [1.807, 2.05) is 24.3 Å². The number of carbonyl (C=O) groups is 2. The van der Waals surface area contributed by atoms with Crippen LogP contribution in [0.5, 0.6) is 0 Å². The molecule has 200 valence electrons. The fraction of sp³-hybridized carbons (Fsp3) is 0.452. The zero-order valence-corrected chi connectivity index (χ0v) is 23.5. The molecule has 2 amide bonds. The van der Waals surface area contributed by atoms with E-state index < -0.39 is 11.7 Å². The van der Waals surface area contributed by atoms with Gasteiger partial charge in [0.05, 0.1) is 5.69 Å². The molecule has 1 aliphatic rings. The molecule has 2 rings (SSSR count). The highest BCUT2D eigenvalue weighted by atomic mass is 16.6. The van der Waals surface area contributed by atoms with Gasteiger partial charge >= 0.3 is 6.09 Å². The number of rotatable bonds is 9. The number of nitrogens with one attached hydrogen (secondary N) is 2. The number of pyridine rings is 1. The van der Waals surface area contributed by atoms with Gasteiger partial charge in [-0.05, 0) is 88.6 Å². The zero-order chi connectivity index (χ0) is 27.5. The van der Waals surface area contributed by atoms with Crippen molar-refractivity contribution in [3.63, 3.8) is 0 Å². The highest BCUT2D eigenvalue weighted by Crippen LogP contribution is 2.40. The number of hydrogen-bond acceptors (Lipinski definition) is 4. The first kappa shape index (κ1) is 29.8. The molecule has 37 heavy (non-hydrogen) atoms. The van der Waals surface area contributed by atoms with E-state index in [0.29, 0.717) is 12.2 Å². The van der Waals surface area contributed by atoms with Crippen molar-refractivity contribution in [2.24, 2.45) is 5.41 Å². The van der Waals surface area contributed by atoms with E-state index in [-0.39, 0.29) is 17.9 Å². The lowest BCUT2D eigenvalue weighted by molar-refractivity contribution is -0.116. The monoisotopic (exact) mass is 505 g/mol. The van der Waals surface area contributed by atoms with Gasteiger partial charge in [0, 0.05) is 25.4 Å². The number of aromatic nitrogens is 1. The number of ether oxygens (including phenoxy) is 1. The van der Waals surface area contributed by atoms with Crippen molar-refractivity contribution >= 4 is 24.2 Å². The molecule has 1 aromatic heterocycles. The molecule has 1 aromatic rings. The molecule has 2 N–H and O–H groups in total. The first-order valence-corrected chi connectivity index (χ1v) is 13.0. The van der Waals surface area contributed by atoms with Crippen LogP contribution in [0.15, 0.2) is 65.4 Å². The fourth-order valence-electron chi connectivity index (χ4n) is 4.14. The largest absolute Gasteiger partial charge is 0.444 e. The smallest absolute Gasteiger partial charge is 0.407 e. The maximum absolute atomic E-state index is 12.1. The van der Waals surface area contributed by atoms with E-state index in [2.05, 4.69) is 61.5 Å². The second kappa shape index (κ2) is 13.8. The van der Waals surface area contributed by atoms with Crippen LogP contribution in [0.25, 0.3) is 12.2 Å². The Labute approximate surface area is 222 Å². The Kier molecular flexibility index (Phi) is 11.1. The molecule has 1 aliphatic carbocycles. The highest BCUT2D eigenvalue weighted by molar-refractivity contribution is 5.91. The van der Waals surface area contributed by atoms with Crippen LogP contribution in [0.2, 0.25) is 0 Å². The van der Waals surface area contributed by atoms with E-state index in [1.165, 1.54) is 42.1 Å². The number of amides is 2. The molecule has 0 atom stereocenters. The third-order valence-corrected chi connectivity index (χ3v) is 6.01. The summed E-state index contributed by atoms with van der Waals surface area (Å²) in [7, 11) is 0. The minimum absolute atomic E-state index is 0.240. The predicted molar refractivity (Wildman–Crippen MR) is 153 cm³/mol. The Bertz CT molecular complexity index is 1100. The van der Waals surface area contributed by atoms with Gasteiger partial charge in [0.2, 0.25) is 5.91 Å². The maximum Gasteiger partial charge on any atom is 0.407 e. The molecular formula is C31H43N3O3. The van der Waals surface area contributed by atoms with Crippen LogP contribution in [-0.4, -0.2) is 35.7 Å². The van der Waals surface area contributed by atoms with E-state index in [4.69, 9.17) is 4.74 Å². The summed E-state index contributed by atoms with van der Waals surface area (Å²) in [5.74, 6) is -0.259. The van der Waals surface area contributed by atoms with Crippen molar-refractivity contribution in [3.05, 3.63) is 76.7 Å². The molecule has 6 heteroatoms. The van der Waals surface area contributed by atoms with E-state index >= 15 is 0 Å². The van der Waals surface area contributed by atoms with Gasteiger partial charge in [-0.1, -0.05) is 55.4 Å². The van der Waals surface area contributed by atoms with Gasteiger partial charge in [-0.25, -0.2) is 4.79 Å². The Morgan fingerprint density at radius 2 is 1.84 bits per heavy atom. The summed E-state index contributed by atoms with van der Waals surface area (Å²) in [5.41, 5.74) is 5.52. The van der Waals surface area contributed by atoms with Crippen LogP contribution < -0.4 is 10.6 Å². The normalized spacial score (nSPS) is 16.6. The number of nitrogens with zero attached hydrogens (tertiary/aromatic N) is 1. The molecule has 0 fully saturated rings. The van der Waals surface area contributed by atoms with Gasteiger partial charge in [-0.2, -0.15) is 0 Å². The summed E-state index contributed by atoms with van der Waals surface area (Å²) < 4.78 is 5.15. The second-order valence-corrected chi connectivity index (χ2v) is 11.1. The number of allylic oxidation sites excluding steroid dienone is 7. The summed E-state index contributed by atoms with van der Waals surface area (Å²) >= 11 is 0. The molecular weight excluding hydrogens is 462 g/mol. The second-order valence-electron chi connectivity index (χ2n) is 11.1. The minimum Gasteiger partial charge on any atom is -0.444 e. The number of hydrogen-bond donors (Lipinski definition) is 2. The van der Waals surface area contributed by atoms with Crippen LogP contribution in [0, 0.1) is 5.41 Å². The maximum atomic E-state index is 12.1. The molecule has 6 nitrogen and oxygen atoms in total. The number of carbonyl (C=O) groups excluding carboxylic acids is 2. The van der Waals surface area contributed by atoms with Crippen molar-refractivity contribution in [2.75, 3.05) is 13.1 Å². The Morgan fingerprint density at radius 3 is 2.54 bits per heavy atom. The molecule has 0 spiro atoms. The Morgan fingerprint density at radius 1 is 1.11 bits per heavy atom. The molecule has 0 bridgehead atoms. The van der Waals surface area contributed by atoms with Crippen molar-refractivity contribution in [1.29, 1.82) is 0 Å². The molecule has 0 aliphatic heterocycles. The van der Waals surface area contributed by atoms with Crippen molar-refractivity contribution < 1.29 is 14.3 Å². The number of alkyl carbamates (subject to hydrolysis) is 1. The molecule has 0 radical (unpaired) electrons. The zero-order valence-electron chi connectivity index (χ0n) is 23.5. The third kappa shape index (κ3) is 11.5. The van der Waals surface area contributed by atoms with Crippen molar-refractivity contribution in [1.82, 2.24) is 15.6 Å². The summed E-state index contributed by atoms with van der Waals surface area (Å²) in [6, 6.07) is 3.84. The SMILES string of the molecule is CC(C=CC1=C(C)CCCC1(C)C)=CC=Cc1ccnc(C=CC(=O)NCCNC(=O)OC(C)(C)C)c1. The van der Waals surface area contributed by atoms with Crippen LogP contribution in [0.3, 0.4) is 0 Å². The summed E-state index contributed by atoms with van der Waals surface area (Å²) in [6.45, 7) is 15.0. The van der Waals surface area contributed by atoms with Crippen molar-refractivity contribution in [2.45, 2.75) is 73.3 Å².